The predicted octanol–water partition coefficient (Wildman–Crippen LogP) is 10.6. The monoisotopic (exact) mass is 613 g/mol. The van der Waals surface area contributed by atoms with E-state index in [1.165, 1.54) is 32.6 Å². The van der Waals surface area contributed by atoms with Crippen LogP contribution >= 0.6 is 0 Å². The highest BCUT2D eigenvalue weighted by molar-refractivity contribution is 6.19. The fourth-order valence-corrected chi connectivity index (χ4v) is 7.26. The summed E-state index contributed by atoms with van der Waals surface area (Å²) < 4.78 is 4.70. The molecule has 0 spiro atoms. The highest BCUT2D eigenvalue weighted by Crippen LogP contribution is 2.40. The van der Waals surface area contributed by atoms with Crippen molar-refractivity contribution in [3.63, 3.8) is 0 Å². The molecule has 10 rings (SSSR count). The van der Waals surface area contributed by atoms with E-state index in [9.17, 15) is 0 Å². The molecule has 0 fully saturated rings. The van der Waals surface area contributed by atoms with Gasteiger partial charge in [-0.1, -0.05) is 103 Å². The lowest BCUT2D eigenvalue weighted by molar-refractivity contribution is 1.13. The van der Waals surface area contributed by atoms with E-state index in [-0.39, 0.29) is 0 Å². The maximum absolute atomic E-state index is 5.13. The number of para-hydroxylation sites is 4. The van der Waals surface area contributed by atoms with Crippen LogP contribution in [0.15, 0.2) is 164 Å². The zero-order chi connectivity index (χ0) is 31.6. The number of hydrogen-bond donors (Lipinski definition) is 0. The molecule has 0 aliphatic heterocycles. The number of fused-ring (bicyclic) bond motifs is 7. The Morgan fingerprint density at radius 1 is 0.375 bits per heavy atom. The van der Waals surface area contributed by atoms with Gasteiger partial charge in [0.05, 0.1) is 45.2 Å². The zero-order valence-electron chi connectivity index (χ0n) is 25.8. The van der Waals surface area contributed by atoms with Gasteiger partial charge in [0.2, 0.25) is 0 Å². The molecule has 0 saturated heterocycles. The van der Waals surface area contributed by atoms with Crippen molar-refractivity contribution >= 4 is 54.5 Å². The van der Waals surface area contributed by atoms with E-state index in [0.29, 0.717) is 5.82 Å². The topological polar surface area (TPSA) is 48.5 Å². The largest absolute Gasteiger partial charge is 0.309 e. The van der Waals surface area contributed by atoms with E-state index in [4.69, 9.17) is 15.0 Å². The first-order chi connectivity index (χ1) is 23.8. The van der Waals surface area contributed by atoms with E-state index in [2.05, 4.69) is 124 Å². The number of pyridine rings is 1. The molecule has 0 bridgehead atoms. The number of nitrogens with zero attached hydrogens (tertiary/aromatic N) is 5. The summed E-state index contributed by atoms with van der Waals surface area (Å²) in [6.07, 6.45) is 3.80. The van der Waals surface area contributed by atoms with Gasteiger partial charge in [0, 0.05) is 49.9 Å². The zero-order valence-corrected chi connectivity index (χ0v) is 25.8. The van der Waals surface area contributed by atoms with Gasteiger partial charge in [-0.25, -0.2) is 9.97 Å². The Morgan fingerprint density at radius 2 is 0.938 bits per heavy atom. The van der Waals surface area contributed by atoms with Crippen molar-refractivity contribution in [3.8, 4) is 34.0 Å². The summed E-state index contributed by atoms with van der Waals surface area (Å²) >= 11 is 0. The minimum atomic E-state index is 0.649. The van der Waals surface area contributed by atoms with Crippen molar-refractivity contribution in [2.45, 2.75) is 0 Å². The van der Waals surface area contributed by atoms with E-state index in [0.717, 1.165) is 50.1 Å². The normalized spacial score (nSPS) is 11.8. The molecule has 0 N–H and O–H groups in total. The molecule has 0 aliphatic rings. The van der Waals surface area contributed by atoms with Crippen LogP contribution in [0.4, 0.5) is 0 Å². The third-order valence-electron chi connectivity index (χ3n) is 9.37. The Hall–Kier alpha value is -6.59. The van der Waals surface area contributed by atoms with Crippen molar-refractivity contribution < 1.29 is 0 Å². The highest BCUT2D eigenvalue weighted by atomic mass is 15.0. The van der Waals surface area contributed by atoms with E-state index >= 15 is 0 Å². The van der Waals surface area contributed by atoms with Gasteiger partial charge in [0.15, 0.2) is 5.82 Å². The van der Waals surface area contributed by atoms with Crippen molar-refractivity contribution in [3.05, 3.63) is 164 Å². The molecule has 0 unspecified atom stereocenters. The third-order valence-corrected chi connectivity index (χ3v) is 9.37. The number of hydrogen-bond acceptors (Lipinski definition) is 3. The van der Waals surface area contributed by atoms with Crippen LogP contribution in [-0.2, 0) is 0 Å². The van der Waals surface area contributed by atoms with Gasteiger partial charge in [0.25, 0.3) is 0 Å². The van der Waals surface area contributed by atoms with E-state index in [1.807, 2.05) is 48.8 Å². The standard InChI is InChI=1S/C43H27N5/c1-3-13-28(14-4-1)42-34-19-7-10-20-37(34)45-43(46-42)29-23-31(27-44-26-29)48-39-22-12-9-18-33(39)36-24-40-35(25-41(36)48)32-17-8-11-21-38(32)47(40)30-15-5-2-6-16-30/h1-27H. The van der Waals surface area contributed by atoms with Gasteiger partial charge in [0.1, 0.15) is 0 Å². The Kier molecular flexibility index (Phi) is 5.81. The second-order valence-electron chi connectivity index (χ2n) is 12.1. The fourth-order valence-electron chi connectivity index (χ4n) is 7.26. The minimum absolute atomic E-state index is 0.649. The van der Waals surface area contributed by atoms with Crippen molar-refractivity contribution in [1.82, 2.24) is 24.1 Å². The second-order valence-corrected chi connectivity index (χ2v) is 12.1. The molecule has 48 heavy (non-hydrogen) atoms. The van der Waals surface area contributed by atoms with Crippen molar-refractivity contribution in [2.24, 2.45) is 0 Å². The van der Waals surface area contributed by atoms with Crippen LogP contribution in [0.1, 0.15) is 0 Å². The van der Waals surface area contributed by atoms with Crippen LogP contribution in [0.25, 0.3) is 88.5 Å². The van der Waals surface area contributed by atoms with Crippen LogP contribution in [0.2, 0.25) is 0 Å². The predicted molar refractivity (Wildman–Crippen MR) is 197 cm³/mol. The molecule has 0 atom stereocenters. The Labute approximate surface area is 276 Å². The molecule has 10 aromatic rings. The molecule has 224 valence electrons. The van der Waals surface area contributed by atoms with Gasteiger partial charge in [-0.15, -0.1) is 0 Å². The molecular weight excluding hydrogens is 587 g/mol. The quantitative estimate of drug-likeness (QED) is 0.198. The maximum Gasteiger partial charge on any atom is 0.162 e. The maximum atomic E-state index is 5.13. The van der Waals surface area contributed by atoms with Gasteiger partial charge in [-0.05, 0) is 48.5 Å². The summed E-state index contributed by atoms with van der Waals surface area (Å²) in [6.45, 7) is 0. The molecule has 5 nitrogen and oxygen atoms in total. The molecule has 0 amide bonds. The molecule has 0 aliphatic carbocycles. The lowest BCUT2D eigenvalue weighted by Crippen LogP contribution is -1.99. The van der Waals surface area contributed by atoms with E-state index < -0.39 is 0 Å². The van der Waals surface area contributed by atoms with Gasteiger partial charge in [-0.2, -0.15) is 0 Å². The summed E-state index contributed by atoms with van der Waals surface area (Å²) in [6, 6.07) is 53.3. The molecule has 4 heterocycles. The van der Waals surface area contributed by atoms with Crippen LogP contribution in [0, 0.1) is 0 Å². The first-order valence-electron chi connectivity index (χ1n) is 16.1. The summed E-state index contributed by atoms with van der Waals surface area (Å²) in [5.41, 5.74) is 10.5. The summed E-state index contributed by atoms with van der Waals surface area (Å²) in [5.74, 6) is 0.649. The molecule has 4 aromatic heterocycles. The summed E-state index contributed by atoms with van der Waals surface area (Å²) in [5, 5.41) is 5.84. The van der Waals surface area contributed by atoms with Crippen LogP contribution in [0.3, 0.4) is 0 Å². The summed E-state index contributed by atoms with van der Waals surface area (Å²) in [4.78, 5) is 14.9. The Balaban J connectivity index is 1.23. The Morgan fingerprint density at radius 3 is 1.62 bits per heavy atom. The first kappa shape index (κ1) is 26.6. The number of aromatic nitrogens is 5. The average Bonchev–Trinajstić information content (AvgIpc) is 3.66. The third kappa shape index (κ3) is 4.01. The van der Waals surface area contributed by atoms with Gasteiger partial charge in [-0.3, -0.25) is 4.98 Å². The number of rotatable bonds is 4. The molecule has 5 heteroatoms. The highest BCUT2D eigenvalue weighted by Gasteiger charge is 2.19. The molecule has 0 saturated carbocycles. The Bertz CT molecular complexity index is 2830. The van der Waals surface area contributed by atoms with E-state index in [1.54, 1.807) is 0 Å². The van der Waals surface area contributed by atoms with Crippen molar-refractivity contribution in [2.75, 3.05) is 0 Å². The minimum Gasteiger partial charge on any atom is -0.309 e. The SMILES string of the molecule is c1ccc(-c2nc(-c3cncc(-n4c5ccccc5c5cc6c(cc54)c4ccccc4n6-c4ccccc4)c3)nc3ccccc23)cc1. The summed E-state index contributed by atoms with van der Waals surface area (Å²) in [7, 11) is 0. The average molecular weight is 614 g/mol. The lowest BCUT2D eigenvalue weighted by atomic mass is 10.1. The fraction of sp³-hybridized carbons (Fsp3) is 0. The lowest BCUT2D eigenvalue weighted by Gasteiger charge is -2.12. The molecular formula is C43H27N5. The smallest absolute Gasteiger partial charge is 0.162 e. The van der Waals surface area contributed by atoms with Crippen molar-refractivity contribution in [1.29, 1.82) is 0 Å². The second kappa shape index (κ2) is 10.5. The van der Waals surface area contributed by atoms with Crippen LogP contribution in [-0.4, -0.2) is 24.1 Å². The first-order valence-corrected chi connectivity index (χ1v) is 16.1. The van der Waals surface area contributed by atoms with Gasteiger partial charge < -0.3 is 9.13 Å². The van der Waals surface area contributed by atoms with Crippen LogP contribution < -0.4 is 0 Å². The molecule has 0 radical (unpaired) electrons. The molecule has 6 aromatic carbocycles. The number of benzene rings is 6. The van der Waals surface area contributed by atoms with Gasteiger partial charge >= 0.3 is 0 Å². The van der Waals surface area contributed by atoms with Crippen LogP contribution in [0.5, 0.6) is 0 Å².